The van der Waals surface area contributed by atoms with E-state index in [9.17, 15) is 0 Å². The van der Waals surface area contributed by atoms with Crippen LogP contribution in [0.2, 0.25) is 5.02 Å². The minimum Gasteiger partial charge on any atom is -0.384 e. The topological polar surface area (TPSA) is 62.6 Å². The van der Waals surface area contributed by atoms with Gasteiger partial charge in [-0.2, -0.15) is 5.22 Å². The number of rotatable bonds is 2. The van der Waals surface area contributed by atoms with E-state index in [0.717, 1.165) is 0 Å². The zero-order chi connectivity index (χ0) is 8.81. The van der Waals surface area contributed by atoms with Crippen molar-refractivity contribution in [3.05, 3.63) is 34.7 Å². The quantitative estimate of drug-likeness (QED) is 0.292. The molecule has 0 fully saturated rings. The Morgan fingerprint density at radius 1 is 1.46 bits per heavy atom. The molecule has 0 N–H and O–H groups in total. The first kappa shape index (κ1) is 12.4. The molecule has 0 aliphatic carbocycles. The number of hydrogen-bond donors (Lipinski definition) is 0. The van der Waals surface area contributed by atoms with Crippen LogP contribution in [0.25, 0.3) is 5.43 Å². The van der Waals surface area contributed by atoms with Crippen LogP contribution in [0.5, 0.6) is 0 Å². The van der Waals surface area contributed by atoms with Gasteiger partial charge in [0.1, 0.15) is 0 Å². The Hall–Kier alpha value is -0.600. The second-order valence-corrected chi connectivity index (χ2v) is 2.31. The van der Waals surface area contributed by atoms with E-state index in [4.69, 9.17) is 16.9 Å². The van der Waals surface area contributed by atoms with E-state index in [2.05, 4.69) is 15.8 Å². The summed E-state index contributed by atoms with van der Waals surface area (Å²) >= 11 is 5.66. The largest absolute Gasteiger partial charge is 1.00 e. The van der Waals surface area contributed by atoms with E-state index in [0.29, 0.717) is 10.7 Å². The first-order chi connectivity index (χ1) is 5.83. The smallest absolute Gasteiger partial charge is 0.384 e. The Bertz CT molecular complexity index is 334. The van der Waals surface area contributed by atoms with Gasteiger partial charge in [0.2, 0.25) is 0 Å². The van der Waals surface area contributed by atoms with Gasteiger partial charge in [-0.25, -0.2) is 5.43 Å². The van der Waals surface area contributed by atoms with Crippen LogP contribution in [0.1, 0.15) is 0 Å². The molecular weight excluding hydrogens is 199 g/mol. The summed E-state index contributed by atoms with van der Waals surface area (Å²) in [5, 5.41) is 15.4. The Labute approximate surface area is 103 Å². The predicted octanol–water partition coefficient (Wildman–Crippen LogP) is 0.197. The van der Waals surface area contributed by atoms with Crippen molar-refractivity contribution < 1.29 is 29.6 Å². The summed E-state index contributed by atoms with van der Waals surface area (Å²) in [5.74, 6) is 0. The molecule has 0 amide bonds. The summed E-state index contributed by atoms with van der Waals surface area (Å²) in [6.07, 6.45) is 1.48. The van der Waals surface area contributed by atoms with Crippen molar-refractivity contribution in [1.82, 2.24) is 0 Å². The van der Waals surface area contributed by atoms with Crippen molar-refractivity contribution in [3.63, 3.8) is 0 Å². The molecule has 1 aromatic rings. The molecule has 0 saturated heterocycles. The average molecular weight is 203 g/mol. The van der Waals surface area contributed by atoms with E-state index in [-0.39, 0.29) is 29.6 Å². The SMILES string of the molecule is N#C[N-]N=Nc1cccc(Cl)c1.[Na+]. The average Bonchev–Trinajstić information content (AvgIpc) is 2.05. The molecule has 0 saturated carbocycles. The molecule has 0 heterocycles. The van der Waals surface area contributed by atoms with Crippen LogP contribution >= 0.6 is 11.6 Å². The molecule has 6 heteroatoms. The minimum absolute atomic E-state index is 0. The molecule has 0 atom stereocenters. The van der Waals surface area contributed by atoms with Gasteiger partial charge in [-0.15, -0.1) is 0 Å². The first-order valence-corrected chi connectivity index (χ1v) is 3.46. The molecule has 0 aromatic heterocycles. The second kappa shape index (κ2) is 6.87. The third-order valence-corrected chi connectivity index (χ3v) is 1.29. The maximum Gasteiger partial charge on any atom is 1.00 e. The molecule has 0 radical (unpaired) electrons. The molecular formula is C7H4ClN4Na. The third kappa shape index (κ3) is 4.86. The maximum absolute atomic E-state index is 8.00. The van der Waals surface area contributed by atoms with Gasteiger partial charge in [-0.1, -0.05) is 23.7 Å². The van der Waals surface area contributed by atoms with Crippen molar-refractivity contribution >= 4 is 17.3 Å². The molecule has 0 aliphatic rings. The molecule has 0 unspecified atom stereocenters. The molecule has 1 aromatic carbocycles. The van der Waals surface area contributed by atoms with Crippen LogP contribution < -0.4 is 29.6 Å². The molecule has 4 nitrogen and oxygen atoms in total. The molecule has 60 valence electrons. The van der Waals surface area contributed by atoms with Crippen LogP contribution in [-0.2, 0) is 0 Å². The van der Waals surface area contributed by atoms with Crippen molar-refractivity contribution in [1.29, 1.82) is 5.26 Å². The number of nitrogens with zero attached hydrogens (tertiary/aromatic N) is 4. The fraction of sp³-hybridized carbons (Fsp3) is 0. The zero-order valence-corrected chi connectivity index (χ0v) is 9.73. The Morgan fingerprint density at radius 3 is 2.85 bits per heavy atom. The number of nitriles is 1. The van der Waals surface area contributed by atoms with E-state index in [1.807, 2.05) is 0 Å². The van der Waals surface area contributed by atoms with Crippen molar-refractivity contribution in [2.45, 2.75) is 0 Å². The van der Waals surface area contributed by atoms with E-state index in [1.165, 1.54) is 6.19 Å². The van der Waals surface area contributed by atoms with Crippen molar-refractivity contribution in [3.8, 4) is 6.19 Å². The van der Waals surface area contributed by atoms with Gasteiger partial charge >= 0.3 is 29.6 Å². The Morgan fingerprint density at radius 2 is 2.23 bits per heavy atom. The van der Waals surface area contributed by atoms with Gasteiger partial charge in [-0.3, -0.25) is 5.11 Å². The molecule has 0 bridgehead atoms. The van der Waals surface area contributed by atoms with Gasteiger partial charge in [0, 0.05) is 16.9 Å². The van der Waals surface area contributed by atoms with Crippen molar-refractivity contribution in [2.24, 2.45) is 10.3 Å². The summed E-state index contributed by atoms with van der Waals surface area (Å²) in [6, 6.07) is 6.80. The van der Waals surface area contributed by atoms with Crippen LogP contribution in [0, 0.1) is 11.5 Å². The normalized spacial score (nSPS) is 8.92. The Kier molecular flexibility index (Phi) is 6.55. The summed E-state index contributed by atoms with van der Waals surface area (Å²) in [4.78, 5) is 0. The first-order valence-electron chi connectivity index (χ1n) is 3.08. The maximum atomic E-state index is 8.00. The summed E-state index contributed by atoms with van der Waals surface area (Å²) in [7, 11) is 0. The number of benzene rings is 1. The molecule has 0 spiro atoms. The van der Waals surface area contributed by atoms with Gasteiger partial charge in [0.15, 0.2) is 0 Å². The van der Waals surface area contributed by atoms with Crippen molar-refractivity contribution in [2.75, 3.05) is 0 Å². The summed E-state index contributed by atoms with van der Waals surface area (Å²) in [6.45, 7) is 0. The standard InChI is InChI=1S/C7H4ClN4.Na/c8-6-2-1-3-7(4-6)11-12-10-5-9;/h1-4H;/q-1;+1. The monoisotopic (exact) mass is 202 g/mol. The molecule has 0 aliphatic heterocycles. The van der Waals surface area contributed by atoms with Crippen LogP contribution in [0.4, 0.5) is 5.69 Å². The van der Waals surface area contributed by atoms with E-state index >= 15 is 0 Å². The minimum atomic E-state index is 0. The van der Waals surface area contributed by atoms with E-state index in [1.54, 1.807) is 24.3 Å². The third-order valence-electron chi connectivity index (χ3n) is 1.06. The van der Waals surface area contributed by atoms with Crippen LogP contribution in [0.15, 0.2) is 34.6 Å². The van der Waals surface area contributed by atoms with Crippen LogP contribution in [-0.4, -0.2) is 0 Å². The number of halogens is 1. The molecule has 13 heavy (non-hydrogen) atoms. The van der Waals surface area contributed by atoms with Gasteiger partial charge in [0.05, 0.1) is 0 Å². The summed E-state index contributed by atoms with van der Waals surface area (Å²) in [5.41, 5.74) is 3.59. The fourth-order valence-corrected chi connectivity index (χ4v) is 0.817. The van der Waals surface area contributed by atoms with Gasteiger partial charge in [0.25, 0.3) is 0 Å². The number of hydrogen-bond acceptors (Lipinski definition) is 3. The zero-order valence-electron chi connectivity index (χ0n) is 6.98. The van der Waals surface area contributed by atoms with E-state index < -0.39 is 0 Å². The van der Waals surface area contributed by atoms with Gasteiger partial charge in [-0.05, 0) is 12.1 Å². The van der Waals surface area contributed by atoms with Crippen LogP contribution in [0.3, 0.4) is 0 Å². The molecule has 1 rings (SSSR count). The predicted molar refractivity (Wildman–Crippen MR) is 44.9 cm³/mol. The summed E-state index contributed by atoms with van der Waals surface area (Å²) < 4.78 is 0. The fourth-order valence-electron chi connectivity index (χ4n) is 0.632. The van der Waals surface area contributed by atoms with Gasteiger partial charge < -0.3 is 5.26 Å². The Balaban J connectivity index is 0.00000144. The second-order valence-electron chi connectivity index (χ2n) is 1.87.